The first-order valence-corrected chi connectivity index (χ1v) is 2.68. The monoisotopic (exact) mass is 113 g/mol. The topological polar surface area (TPSA) is 29.4 Å². The molecule has 3 heteroatoms. The second-order valence-electron chi connectivity index (χ2n) is 1.04. The molecule has 1 heterocycles. The first kappa shape index (κ1) is 4.46. The SMILES string of the molecule is O=Nc1cccs1. The third-order valence-electron chi connectivity index (χ3n) is 0.596. The van der Waals surface area contributed by atoms with E-state index >= 15 is 0 Å². The van der Waals surface area contributed by atoms with Crippen LogP contribution in [0.4, 0.5) is 5.00 Å². The van der Waals surface area contributed by atoms with Gasteiger partial charge in [-0.3, -0.25) is 0 Å². The molecule has 0 aliphatic heterocycles. The zero-order valence-electron chi connectivity index (χ0n) is 3.50. The molecule has 2 nitrogen and oxygen atoms in total. The van der Waals surface area contributed by atoms with Crippen molar-refractivity contribution in [3.8, 4) is 0 Å². The van der Waals surface area contributed by atoms with Gasteiger partial charge in [-0.05, 0) is 22.7 Å². The van der Waals surface area contributed by atoms with E-state index in [4.69, 9.17) is 0 Å². The maximum atomic E-state index is 9.63. The van der Waals surface area contributed by atoms with Gasteiger partial charge in [0.15, 0.2) is 5.00 Å². The fourth-order valence-corrected chi connectivity index (χ4v) is 0.819. The van der Waals surface area contributed by atoms with Crippen LogP contribution in [0.2, 0.25) is 0 Å². The first-order chi connectivity index (χ1) is 3.43. The maximum absolute atomic E-state index is 9.63. The van der Waals surface area contributed by atoms with Crippen molar-refractivity contribution in [2.24, 2.45) is 5.18 Å². The lowest BCUT2D eigenvalue weighted by atomic mass is 10.6. The minimum atomic E-state index is 0.542. The van der Waals surface area contributed by atoms with Gasteiger partial charge < -0.3 is 0 Å². The van der Waals surface area contributed by atoms with E-state index in [0.29, 0.717) is 5.00 Å². The Morgan fingerprint density at radius 2 is 2.57 bits per heavy atom. The van der Waals surface area contributed by atoms with Gasteiger partial charge in [0.25, 0.3) is 0 Å². The zero-order valence-corrected chi connectivity index (χ0v) is 4.31. The molecule has 0 atom stereocenters. The highest BCUT2D eigenvalue weighted by Gasteiger charge is 1.84. The molecule has 7 heavy (non-hydrogen) atoms. The van der Waals surface area contributed by atoms with Gasteiger partial charge >= 0.3 is 0 Å². The molecule has 0 saturated carbocycles. The van der Waals surface area contributed by atoms with Gasteiger partial charge in [-0.2, -0.15) is 0 Å². The molecule has 0 aliphatic rings. The van der Waals surface area contributed by atoms with Crippen LogP contribution in [0, 0.1) is 4.91 Å². The van der Waals surface area contributed by atoms with E-state index in [1.807, 2.05) is 5.38 Å². The summed E-state index contributed by atoms with van der Waals surface area (Å²) in [5.41, 5.74) is 0. The maximum Gasteiger partial charge on any atom is 0.160 e. The molecule has 0 N–H and O–H groups in total. The predicted molar refractivity (Wildman–Crippen MR) is 29.8 cm³/mol. The summed E-state index contributed by atoms with van der Waals surface area (Å²) < 4.78 is 0. The van der Waals surface area contributed by atoms with E-state index in [2.05, 4.69) is 5.18 Å². The fraction of sp³-hybridized carbons (Fsp3) is 0. The molecular formula is C4H3NOS. The summed E-state index contributed by atoms with van der Waals surface area (Å²) in [6.45, 7) is 0. The number of hydrogen-bond acceptors (Lipinski definition) is 3. The third-order valence-corrected chi connectivity index (χ3v) is 1.34. The number of nitroso groups, excluding NO2 is 1. The van der Waals surface area contributed by atoms with Crippen LogP contribution in [0.5, 0.6) is 0 Å². The Hall–Kier alpha value is -0.700. The molecule has 1 aromatic rings. The number of hydrogen-bond donors (Lipinski definition) is 0. The zero-order chi connectivity index (χ0) is 5.11. The molecule has 0 bridgehead atoms. The normalized spacial score (nSPS) is 8.57. The van der Waals surface area contributed by atoms with Crippen molar-refractivity contribution in [1.82, 2.24) is 0 Å². The van der Waals surface area contributed by atoms with Crippen LogP contribution in [-0.2, 0) is 0 Å². The van der Waals surface area contributed by atoms with Crippen LogP contribution < -0.4 is 0 Å². The van der Waals surface area contributed by atoms with Crippen LogP contribution in [0.15, 0.2) is 22.7 Å². The Balaban J connectivity index is 2.96. The molecule has 1 rings (SSSR count). The van der Waals surface area contributed by atoms with Gasteiger partial charge in [-0.1, -0.05) is 0 Å². The Morgan fingerprint density at radius 3 is 2.86 bits per heavy atom. The highest BCUT2D eigenvalue weighted by Crippen LogP contribution is 2.17. The van der Waals surface area contributed by atoms with Crippen molar-refractivity contribution in [2.45, 2.75) is 0 Å². The molecule has 36 valence electrons. The summed E-state index contributed by atoms with van der Waals surface area (Å²) in [6.07, 6.45) is 0. The van der Waals surface area contributed by atoms with Crippen molar-refractivity contribution in [1.29, 1.82) is 0 Å². The molecule has 1 aromatic heterocycles. The standard InChI is InChI=1S/C4H3NOS/c6-5-4-2-1-3-7-4/h1-3H. The van der Waals surface area contributed by atoms with Crippen LogP contribution in [0.25, 0.3) is 0 Å². The number of nitrogens with zero attached hydrogens (tertiary/aromatic N) is 1. The average Bonchev–Trinajstić information content (AvgIpc) is 2.14. The summed E-state index contributed by atoms with van der Waals surface area (Å²) in [7, 11) is 0. The highest BCUT2D eigenvalue weighted by molar-refractivity contribution is 7.13. The molecule has 0 aromatic carbocycles. The van der Waals surface area contributed by atoms with Gasteiger partial charge in [0, 0.05) is 0 Å². The van der Waals surface area contributed by atoms with E-state index in [0.717, 1.165) is 0 Å². The average molecular weight is 113 g/mol. The van der Waals surface area contributed by atoms with E-state index in [1.54, 1.807) is 12.1 Å². The second-order valence-corrected chi connectivity index (χ2v) is 1.97. The third kappa shape index (κ3) is 0.838. The van der Waals surface area contributed by atoms with Gasteiger partial charge in [-0.25, -0.2) is 0 Å². The Labute approximate surface area is 44.8 Å². The summed E-state index contributed by atoms with van der Waals surface area (Å²) in [5.74, 6) is 0. The lowest BCUT2D eigenvalue weighted by Gasteiger charge is -1.64. The summed E-state index contributed by atoms with van der Waals surface area (Å²) in [6, 6.07) is 3.47. The minimum absolute atomic E-state index is 0.542. The lowest BCUT2D eigenvalue weighted by Crippen LogP contribution is -1.35. The van der Waals surface area contributed by atoms with Crippen molar-refractivity contribution in [3.05, 3.63) is 22.4 Å². The number of thiophene rings is 1. The predicted octanol–water partition coefficient (Wildman–Crippen LogP) is 2.15. The van der Waals surface area contributed by atoms with Crippen molar-refractivity contribution >= 4 is 16.3 Å². The van der Waals surface area contributed by atoms with Gasteiger partial charge in [-0.15, -0.1) is 16.2 Å². The minimum Gasteiger partial charge on any atom is -0.144 e. The molecule has 0 amide bonds. The molecule has 0 fully saturated rings. The van der Waals surface area contributed by atoms with Crippen LogP contribution >= 0.6 is 11.3 Å². The van der Waals surface area contributed by atoms with Crippen molar-refractivity contribution < 1.29 is 0 Å². The largest absolute Gasteiger partial charge is 0.160 e. The molecule has 0 unspecified atom stereocenters. The summed E-state index contributed by atoms with van der Waals surface area (Å²) in [4.78, 5) is 9.63. The summed E-state index contributed by atoms with van der Waals surface area (Å²) >= 11 is 1.34. The molecular weight excluding hydrogens is 110 g/mol. The Morgan fingerprint density at radius 1 is 1.71 bits per heavy atom. The molecule has 0 saturated heterocycles. The van der Waals surface area contributed by atoms with Crippen molar-refractivity contribution in [2.75, 3.05) is 0 Å². The molecule has 0 radical (unpaired) electrons. The lowest BCUT2D eigenvalue weighted by molar-refractivity contribution is 1.60. The van der Waals surface area contributed by atoms with Crippen molar-refractivity contribution in [3.63, 3.8) is 0 Å². The first-order valence-electron chi connectivity index (χ1n) is 1.80. The van der Waals surface area contributed by atoms with Crippen LogP contribution in [0.1, 0.15) is 0 Å². The van der Waals surface area contributed by atoms with Crippen LogP contribution in [0.3, 0.4) is 0 Å². The Bertz CT molecular complexity index is 147. The fourth-order valence-electron chi connectivity index (χ4n) is 0.322. The quantitative estimate of drug-likeness (QED) is 0.513. The van der Waals surface area contributed by atoms with E-state index in [-0.39, 0.29) is 0 Å². The number of rotatable bonds is 1. The smallest absolute Gasteiger partial charge is 0.144 e. The van der Waals surface area contributed by atoms with Gasteiger partial charge in [0.2, 0.25) is 0 Å². The van der Waals surface area contributed by atoms with Gasteiger partial charge in [0.05, 0.1) is 0 Å². The Kier molecular flexibility index (Phi) is 1.17. The van der Waals surface area contributed by atoms with E-state index in [1.165, 1.54) is 11.3 Å². The van der Waals surface area contributed by atoms with E-state index in [9.17, 15) is 4.91 Å². The molecule has 0 spiro atoms. The van der Waals surface area contributed by atoms with Crippen LogP contribution in [-0.4, -0.2) is 0 Å². The molecule has 0 aliphatic carbocycles. The van der Waals surface area contributed by atoms with Gasteiger partial charge in [0.1, 0.15) is 0 Å². The summed E-state index contributed by atoms with van der Waals surface area (Å²) in [5, 5.41) is 5.06. The van der Waals surface area contributed by atoms with E-state index < -0.39 is 0 Å². The highest BCUT2D eigenvalue weighted by atomic mass is 32.1. The second kappa shape index (κ2) is 1.84.